The van der Waals surface area contributed by atoms with Crippen LogP contribution in [-0.2, 0) is 4.79 Å². The Morgan fingerprint density at radius 2 is 2.12 bits per heavy atom. The Labute approximate surface area is 103 Å². The molecule has 1 saturated heterocycles. The Morgan fingerprint density at radius 1 is 1.41 bits per heavy atom. The summed E-state index contributed by atoms with van der Waals surface area (Å²) in [5.41, 5.74) is -0.348. The van der Waals surface area contributed by atoms with Gasteiger partial charge in [0, 0.05) is 0 Å². The minimum atomic E-state index is -0.348. The Bertz CT molecular complexity index is 275. The molecule has 2 atom stereocenters. The third-order valence-electron chi connectivity index (χ3n) is 4.32. The van der Waals surface area contributed by atoms with Gasteiger partial charge in [-0.25, -0.2) is 0 Å². The van der Waals surface area contributed by atoms with Gasteiger partial charge in [-0.05, 0) is 31.7 Å². The van der Waals surface area contributed by atoms with E-state index in [0.29, 0.717) is 5.92 Å². The summed E-state index contributed by atoms with van der Waals surface area (Å²) in [7, 11) is 0. The topological polar surface area (TPSA) is 61.4 Å². The lowest BCUT2D eigenvalue weighted by Crippen LogP contribution is -2.57. The zero-order valence-corrected chi connectivity index (χ0v) is 10.7. The number of aliphatic hydroxyl groups excluding tert-OH is 1. The maximum absolute atomic E-state index is 12.2. The summed E-state index contributed by atoms with van der Waals surface area (Å²) in [6, 6.07) is -0.0691. The fourth-order valence-corrected chi connectivity index (χ4v) is 3.08. The molecule has 0 aromatic carbocycles. The molecule has 0 bridgehead atoms. The van der Waals surface area contributed by atoms with E-state index >= 15 is 0 Å². The zero-order valence-electron chi connectivity index (χ0n) is 10.7. The highest BCUT2D eigenvalue weighted by atomic mass is 16.3. The molecule has 2 rings (SSSR count). The van der Waals surface area contributed by atoms with E-state index in [1.807, 2.05) is 0 Å². The van der Waals surface area contributed by atoms with Crippen molar-refractivity contribution in [3.8, 4) is 0 Å². The number of carbonyl (C=O) groups is 1. The van der Waals surface area contributed by atoms with Gasteiger partial charge in [-0.1, -0.05) is 26.2 Å². The van der Waals surface area contributed by atoms with E-state index in [1.165, 1.54) is 6.42 Å². The van der Waals surface area contributed by atoms with E-state index in [2.05, 4.69) is 17.6 Å². The standard InChI is InChI=1S/C13H24N2O2/c1-10-5-8-14-11(10)12(17)15-13(9-16)6-3-2-4-7-13/h10-11,14,16H,2-9H2,1H3,(H,15,17). The summed E-state index contributed by atoms with van der Waals surface area (Å²) in [6.07, 6.45) is 6.32. The van der Waals surface area contributed by atoms with Crippen molar-refractivity contribution in [2.24, 2.45) is 5.92 Å². The highest BCUT2D eigenvalue weighted by Crippen LogP contribution is 2.28. The third-order valence-corrected chi connectivity index (χ3v) is 4.32. The van der Waals surface area contributed by atoms with E-state index < -0.39 is 0 Å². The number of nitrogens with one attached hydrogen (secondary N) is 2. The van der Waals surface area contributed by atoms with E-state index in [1.54, 1.807) is 0 Å². The molecule has 0 radical (unpaired) electrons. The molecule has 2 unspecified atom stereocenters. The van der Waals surface area contributed by atoms with Gasteiger partial charge >= 0.3 is 0 Å². The summed E-state index contributed by atoms with van der Waals surface area (Å²) in [4.78, 5) is 12.2. The van der Waals surface area contributed by atoms with E-state index in [0.717, 1.165) is 38.6 Å². The van der Waals surface area contributed by atoms with Crippen molar-refractivity contribution in [3.05, 3.63) is 0 Å². The molecular weight excluding hydrogens is 216 g/mol. The van der Waals surface area contributed by atoms with Crippen molar-refractivity contribution in [1.82, 2.24) is 10.6 Å². The van der Waals surface area contributed by atoms with E-state index in [4.69, 9.17) is 0 Å². The third kappa shape index (κ3) is 2.80. The fraction of sp³-hybridized carbons (Fsp3) is 0.923. The quantitative estimate of drug-likeness (QED) is 0.683. The van der Waals surface area contributed by atoms with Crippen molar-refractivity contribution < 1.29 is 9.90 Å². The summed E-state index contributed by atoms with van der Waals surface area (Å²) >= 11 is 0. The number of carbonyl (C=O) groups excluding carboxylic acids is 1. The molecule has 0 aromatic rings. The Morgan fingerprint density at radius 3 is 2.65 bits per heavy atom. The normalized spacial score (nSPS) is 32.4. The minimum absolute atomic E-state index is 0.0691. The van der Waals surface area contributed by atoms with Gasteiger partial charge in [-0.15, -0.1) is 0 Å². The second-order valence-corrected chi connectivity index (χ2v) is 5.69. The van der Waals surface area contributed by atoms with Crippen LogP contribution in [0.1, 0.15) is 45.4 Å². The lowest BCUT2D eigenvalue weighted by molar-refractivity contribution is -0.126. The Hall–Kier alpha value is -0.610. The molecule has 1 aliphatic carbocycles. The highest BCUT2D eigenvalue weighted by molar-refractivity contribution is 5.83. The van der Waals surface area contributed by atoms with Gasteiger partial charge in [0.25, 0.3) is 0 Å². The van der Waals surface area contributed by atoms with Gasteiger partial charge in [0.15, 0.2) is 0 Å². The Kier molecular flexibility index (Phi) is 4.05. The van der Waals surface area contributed by atoms with Crippen LogP contribution in [0.2, 0.25) is 0 Å². The molecule has 0 spiro atoms. The van der Waals surface area contributed by atoms with E-state index in [9.17, 15) is 9.90 Å². The molecule has 1 heterocycles. The summed E-state index contributed by atoms with van der Waals surface area (Å²) in [5, 5.41) is 15.9. The van der Waals surface area contributed by atoms with Crippen molar-refractivity contribution >= 4 is 5.91 Å². The molecule has 4 heteroatoms. The molecule has 17 heavy (non-hydrogen) atoms. The number of hydrogen-bond acceptors (Lipinski definition) is 3. The molecule has 2 aliphatic rings. The maximum atomic E-state index is 12.2. The molecule has 3 N–H and O–H groups in total. The SMILES string of the molecule is CC1CCNC1C(=O)NC1(CO)CCCCC1. The molecule has 98 valence electrons. The van der Waals surface area contributed by atoms with Crippen LogP contribution in [0.4, 0.5) is 0 Å². The van der Waals surface area contributed by atoms with Gasteiger partial charge in [-0.2, -0.15) is 0 Å². The predicted octanol–water partition coefficient (Wildman–Crippen LogP) is 0.796. The summed E-state index contributed by atoms with van der Waals surface area (Å²) in [6.45, 7) is 3.10. The van der Waals surface area contributed by atoms with Crippen LogP contribution in [-0.4, -0.2) is 35.7 Å². The first-order valence-corrected chi connectivity index (χ1v) is 6.83. The van der Waals surface area contributed by atoms with Crippen LogP contribution in [0.15, 0.2) is 0 Å². The largest absolute Gasteiger partial charge is 0.394 e. The molecule has 2 fully saturated rings. The first-order valence-electron chi connectivity index (χ1n) is 6.83. The van der Waals surface area contributed by atoms with Crippen LogP contribution >= 0.6 is 0 Å². The van der Waals surface area contributed by atoms with Crippen LogP contribution in [0.5, 0.6) is 0 Å². The lowest BCUT2D eigenvalue weighted by Gasteiger charge is -2.37. The van der Waals surface area contributed by atoms with Crippen molar-refractivity contribution in [2.75, 3.05) is 13.2 Å². The number of aliphatic hydroxyl groups is 1. The van der Waals surface area contributed by atoms with Crippen molar-refractivity contribution in [3.63, 3.8) is 0 Å². The van der Waals surface area contributed by atoms with E-state index in [-0.39, 0.29) is 24.1 Å². The highest BCUT2D eigenvalue weighted by Gasteiger charge is 2.37. The average molecular weight is 240 g/mol. The van der Waals surface area contributed by atoms with Crippen molar-refractivity contribution in [2.45, 2.75) is 57.0 Å². The molecule has 1 amide bonds. The molecular formula is C13H24N2O2. The van der Waals surface area contributed by atoms with Crippen LogP contribution in [0.3, 0.4) is 0 Å². The number of rotatable bonds is 3. The minimum Gasteiger partial charge on any atom is -0.394 e. The van der Waals surface area contributed by atoms with Gasteiger partial charge in [0.05, 0.1) is 18.2 Å². The van der Waals surface area contributed by atoms with Gasteiger partial charge in [-0.3, -0.25) is 4.79 Å². The maximum Gasteiger partial charge on any atom is 0.237 e. The van der Waals surface area contributed by atoms with Crippen LogP contribution in [0.25, 0.3) is 0 Å². The van der Waals surface area contributed by atoms with Gasteiger partial charge in [0.1, 0.15) is 0 Å². The second kappa shape index (κ2) is 5.36. The fourth-order valence-electron chi connectivity index (χ4n) is 3.08. The number of hydrogen-bond donors (Lipinski definition) is 3. The first-order chi connectivity index (χ1) is 8.17. The average Bonchev–Trinajstić information content (AvgIpc) is 2.77. The smallest absolute Gasteiger partial charge is 0.237 e. The lowest BCUT2D eigenvalue weighted by atomic mass is 9.82. The predicted molar refractivity (Wildman–Crippen MR) is 66.6 cm³/mol. The second-order valence-electron chi connectivity index (χ2n) is 5.69. The van der Waals surface area contributed by atoms with Gasteiger partial charge < -0.3 is 15.7 Å². The van der Waals surface area contributed by atoms with Gasteiger partial charge in [0.2, 0.25) is 5.91 Å². The molecule has 1 aliphatic heterocycles. The van der Waals surface area contributed by atoms with Crippen molar-refractivity contribution in [1.29, 1.82) is 0 Å². The molecule has 1 saturated carbocycles. The molecule has 0 aromatic heterocycles. The summed E-state index contributed by atoms with van der Waals surface area (Å²) < 4.78 is 0. The molecule has 4 nitrogen and oxygen atoms in total. The number of amides is 1. The Balaban J connectivity index is 1.95. The van der Waals surface area contributed by atoms with Crippen LogP contribution in [0, 0.1) is 5.92 Å². The first kappa shape index (κ1) is 12.8. The van der Waals surface area contributed by atoms with Crippen LogP contribution < -0.4 is 10.6 Å². The monoisotopic (exact) mass is 240 g/mol. The summed E-state index contributed by atoms with van der Waals surface area (Å²) in [5.74, 6) is 0.472. The zero-order chi connectivity index (χ0) is 12.3.